The lowest BCUT2D eigenvalue weighted by atomic mass is 10.1. The van der Waals surface area contributed by atoms with Crippen LogP contribution in [0.4, 0.5) is 5.69 Å². The highest BCUT2D eigenvalue weighted by atomic mass is 79.9. The second kappa shape index (κ2) is 5.63. The summed E-state index contributed by atoms with van der Waals surface area (Å²) in [4.78, 5) is 0. The van der Waals surface area contributed by atoms with E-state index in [0.717, 1.165) is 10.2 Å². The van der Waals surface area contributed by atoms with Crippen molar-refractivity contribution in [3.8, 4) is 17.1 Å². The van der Waals surface area contributed by atoms with Gasteiger partial charge in [-0.25, -0.2) is 0 Å². The number of hydrogen-bond acceptors (Lipinski definition) is 4. The van der Waals surface area contributed by atoms with E-state index in [1.54, 1.807) is 22.9 Å². The number of nitrogen functional groups attached to an aromatic ring is 1. The van der Waals surface area contributed by atoms with Crippen molar-refractivity contribution in [1.29, 1.82) is 0 Å². The van der Waals surface area contributed by atoms with Crippen molar-refractivity contribution in [2.24, 2.45) is 0 Å². The Hall–Kier alpha value is -1.63. The average molecular weight is 385 g/mol. The van der Waals surface area contributed by atoms with E-state index in [1.165, 1.54) is 0 Å². The van der Waals surface area contributed by atoms with Gasteiger partial charge in [0.05, 0.1) is 21.4 Å². The minimum absolute atomic E-state index is 0.429. The maximum atomic E-state index is 6.11. The van der Waals surface area contributed by atoms with Crippen LogP contribution < -0.4 is 5.73 Å². The van der Waals surface area contributed by atoms with Gasteiger partial charge >= 0.3 is 0 Å². The number of halogens is 3. The zero-order valence-electron chi connectivity index (χ0n) is 10.5. The van der Waals surface area contributed by atoms with Crippen LogP contribution in [0.5, 0.6) is 0 Å². The van der Waals surface area contributed by atoms with Crippen molar-refractivity contribution >= 4 is 44.8 Å². The molecule has 0 aliphatic rings. The van der Waals surface area contributed by atoms with Crippen molar-refractivity contribution < 1.29 is 0 Å². The molecule has 0 saturated heterocycles. The zero-order chi connectivity index (χ0) is 15.0. The summed E-state index contributed by atoms with van der Waals surface area (Å²) in [5.41, 5.74) is 7.81. The molecule has 0 radical (unpaired) electrons. The van der Waals surface area contributed by atoms with E-state index in [4.69, 9.17) is 28.9 Å². The highest BCUT2D eigenvalue weighted by Crippen LogP contribution is 2.32. The molecule has 0 bridgehead atoms. The third-order valence-corrected chi connectivity index (χ3v) is 4.47. The standard InChI is InChI=1S/C13H8BrCl2N5/c14-9-5-4-7(6-11(9)16)21-13(18-19-20-21)8-2-1-3-10(15)12(8)17/h1-6H,17H2. The van der Waals surface area contributed by atoms with Gasteiger partial charge in [0.25, 0.3) is 0 Å². The van der Waals surface area contributed by atoms with Crippen LogP contribution in [0.1, 0.15) is 0 Å². The fourth-order valence-electron chi connectivity index (χ4n) is 1.88. The summed E-state index contributed by atoms with van der Waals surface area (Å²) in [6, 6.07) is 10.7. The van der Waals surface area contributed by atoms with E-state index in [2.05, 4.69) is 31.5 Å². The molecular weight excluding hydrogens is 377 g/mol. The molecule has 1 aromatic heterocycles. The van der Waals surface area contributed by atoms with Crippen LogP contribution >= 0.6 is 39.1 Å². The normalized spacial score (nSPS) is 10.8. The molecule has 0 saturated carbocycles. The molecule has 0 unspecified atom stereocenters. The lowest BCUT2D eigenvalue weighted by Crippen LogP contribution is -2.02. The summed E-state index contributed by atoms with van der Waals surface area (Å²) < 4.78 is 2.35. The number of para-hydroxylation sites is 1. The van der Waals surface area contributed by atoms with Gasteiger partial charge in [0, 0.05) is 10.0 Å². The molecule has 2 aromatic carbocycles. The van der Waals surface area contributed by atoms with Gasteiger partial charge < -0.3 is 5.73 Å². The van der Waals surface area contributed by atoms with Crippen molar-refractivity contribution in [3.63, 3.8) is 0 Å². The molecule has 0 atom stereocenters. The molecular formula is C13H8BrCl2N5. The lowest BCUT2D eigenvalue weighted by molar-refractivity contribution is 0.791. The molecule has 3 aromatic rings. The number of rotatable bonds is 2. The van der Waals surface area contributed by atoms with Crippen LogP contribution in [-0.4, -0.2) is 20.2 Å². The predicted molar refractivity (Wildman–Crippen MR) is 86.7 cm³/mol. The first-order chi connectivity index (χ1) is 10.1. The summed E-state index contributed by atoms with van der Waals surface area (Å²) >= 11 is 15.5. The summed E-state index contributed by atoms with van der Waals surface area (Å²) in [5.74, 6) is 0.494. The van der Waals surface area contributed by atoms with Gasteiger partial charge in [-0.15, -0.1) is 5.10 Å². The summed E-state index contributed by atoms with van der Waals surface area (Å²) in [5, 5.41) is 12.7. The van der Waals surface area contributed by atoms with Crippen LogP contribution in [0, 0.1) is 0 Å². The zero-order valence-corrected chi connectivity index (χ0v) is 13.6. The maximum absolute atomic E-state index is 6.11. The molecule has 0 fully saturated rings. The smallest absolute Gasteiger partial charge is 0.189 e. The molecule has 2 N–H and O–H groups in total. The average Bonchev–Trinajstić information content (AvgIpc) is 2.94. The van der Waals surface area contributed by atoms with E-state index < -0.39 is 0 Å². The molecule has 1 heterocycles. The number of tetrazole rings is 1. The van der Waals surface area contributed by atoms with Gasteiger partial charge in [0.15, 0.2) is 5.82 Å². The molecule has 3 rings (SSSR count). The van der Waals surface area contributed by atoms with Crippen LogP contribution in [0.2, 0.25) is 10.0 Å². The van der Waals surface area contributed by atoms with Gasteiger partial charge in [0.2, 0.25) is 0 Å². The number of benzene rings is 2. The van der Waals surface area contributed by atoms with Crippen molar-refractivity contribution in [3.05, 3.63) is 50.9 Å². The Morgan fingerprint density at radius 1 is 1.10 bits per heavy atom. The first-order valence-electron chi connectivity index (χ1n) is 5.86. The summed E-state index contributed by atoms with van der Waals surface area (Å²) in [6.45, 7) is 0. The first-order valence-corrected chi connectivity index (χ1v) is 7.41. The minimum Gasteiger partial charge on any atom is -0.397 e. The molecule has 5 nitrogen and oxygen atoms in total. The molecule has 21 heavy (non-hydrogen) atoms. The fourth-order valence-corrected chi connectivity index (χ4v) is 2.47. The number of nitrogens with two attached hydrogens (primary N) is 1. The van der Waals surface area contributed by atoms with Crippen molar-refractivity contribution in [2.75, 3.05) is 5.73 Å². The Balaban J connectivity index is 2.17. The largest absolute Gasteiger partial charge is 0.397 e. The summed E-state index contributed by atoms with van der Waals surface area (Å²) in [6.07, 6.45) is 0. The number of hydrogen-bond donors (Lipinski definition) is 1. The second-order valence-electron chi connectivity index (χ2n) is 4.21. The molecule has 0 aliphatic carbocycles. The molecule has 0 amide bonds. The highest BCUT2D eigenvalue weighted by molar-refractivity contribution is 9.10. The Kier molecular flexibility index (Phi) is 3.84. The Morgan fingerprint density at radius 2 is 1.90 bits per heavy atom. The SMILES string of the molecule is Nc1c(Cl)cccc1-c1nnnn1-c1ccc(Br)c(Cl)c1. The first kappa shape index (κ1) is 14.3. The topological polar surface area (TPSA) is 69.6 Å². The molecule has 0 aliphatic heterocycles. The van der Waals surface area contributed by atoms with Crippen LogP contribution in [0.15, 0.2) is 40.9 Å². The maximum Gasteiger partial charge on any atom is 0.189 e. The van der Waals surface area contributed by atoms with Crippen LogP contribution in [0.25, 0.3) is 17.1 Å². The van der Waals surface area contributed by atoms with Crippen LogP contribution in [0.3, 0.4) is 0 Å². The molecule has 0 spiro atoms. The van der Waals surface area contributed by atoms with Gasteiger partial charge in [-0.1, -0.05) is 29.3 Å². The quantitative estimate of drug-likeness (QED) is 0.678. The van der Waals surface area contributed by atoms with Gasteiger partial charge in [0.1, 0.15) is 0 Å². The van der Waals surface area contributed by atoms with Crippen molar-refractivity contribution in [2.45, 2.75) is 0 Å². The van der Waals surface area contributed by atoms with E-state index >= 15 is 0 Å². The Bertz CT molecular complexity index is 818. The van der Waals surface area contributed by atoms with E-state index in [0.29, 0.717) is 27.1 Å². The predicted octanol–water partition coefficient (Wildman–Crippen LogP) is 3.98. The van der Waals surface area contributed by atoms with E-state index in [-0.39, 0.29) is 0 Å². The highest BCUT2D eigenvalue weighted by Gasteiger charge is 2.15. The van der Waals surface area contributed by atoms with Gasteiger partial charge in [-0.05, 0) is 56.7 Å². The lowest BCUT2D eigenvalue weighted by Gasteiger charge is -2.08. The third-order valence-electron chi connectivity index (χ3n) is 2.91. The number of anilines is 1. The molecule has 106 valence electrons. The number of aromatic nitrogens is 4. The monoisotopic (exact) mass is 383 g/mol. The third kappa shape index (κ3) is 2.62. The van der Waals surface area contributed by atoms with Crippen LogP contribution in [-0.2, 0) is 0 Å². The molecule has 8 heteroatoms. The van der Waals surface area contributed by atoms with Crippen molar-refractivity contribution in [1.82, 2.24) is 20.2 Å². The minimum atomic E-state index is 0.429. The number of nitrogens with zero attached hydrogens (tertiary/aromatic N) is 4. The Morgan fingerprint density at radius 3 is 2.67 bits per heavy atom. The summed E-state index contributed by atoms with van der Waals surface area (Å²) in [7, 11) is 0. The van der Waals surface area contributed by atoms with E-state index in [9.17, 15) is 0 Å². The second-order valence-corrected chi connectivity index (χ2v) is 5.88. The van der Waals surface area contributed by atoms with Gasteiger partial charge in [-0.2, -0.15) is 4.68 Å². The fraction of sp³-hybridized carbons (Fsp3) is 0. The van der Waals surface area contributed by atoms with Gasteiger partial charge in [-0.3, -0.25) is 0 Å². The van der Waals surface area contributed by atoms with E-state index in [1.807, 2.05) is 18.2 Å². The Labute approximate surface area is 138 Å².